The molecule has 0 spiro atoms. The Bertz CT molecular complexity index is 319. The first-order chi connectivity index (χ1) is 7.09. The zero-order chi connectivity index (χ0) is 11.3. The second-order valence-electron chi connectivity index (χ2n) is 4.07. The first kappa shape index (κ1) is 12.4. The highest BCUT2D eigenvalue weighted by molar-refractivity contribution is 9.10. The number of ketones is 1. The van der Waals surface area contributed by atoms with Crippen LogP contribution in [0.2, 0.25) is 0 Å². The van der Waals surface area contributed by atoms with E-state index >= 15 is 0 Å². The molecule has 0 aliphatic carbocycles. The van der Waals surface area contributed by atoms with E-state index in [0.29, 0.717) is 18.0 Å². The highest BCUT2D eigenvalue weighted by Gasteiger charge is 2.07. The number of hydrogen-bond donors (Lipinski definition) is 0. The van der Waals surface area contributed by atoms with Crippen LogP contribution >= 0.6 is 15.9 Å². The largest absolute Gasteiger partial charge is 0.292 e. The average molecular weight is 270 g/mol. The van der Waals surface area contributed by atoms with Crippen LogP contribution < -0.4 is 0 Å². The predicted octanol–water partition coefficient (Wildman–Crippen LogP) is 3.85. The highest BCUT2D eigenvalue weighted by Crippen LogP contribution is 2.12. The molecular weight excluding hydrogens is 254 g/mol. The highest BCUT2D eigenvalue weighted by atomic mass is 79.9. The molecule has 0 saturated heterocycles. The van der Waals surface area contributed by atoms with Crippen molar-refractivity contribution < 1.29 is 4.79 Å². The standard InChI is InChI=1S/C12H16BrNO/c1-9(2)4-3-5-12(15)11-7-6-10(13)8-14-11/h6-9H,3-5H2,1-2H3. The van der Waals surface area contributed by atoms with Crippen LogP contribution in [0.3, 0.4) is 0 Å². The fourth-order valence-corrected chi connectivity index (χ4v) is 1.57. The molecule has 0 radical (unpaired) electrons. The SMILES string of the molecule is CC(C)CCCC(=O)c1ccc(Br)cn1. The van der Waals surface area contributed by atoms with E-state index in [1.807, 2.05) is 6.07 Å². The topological polar surface area (TPSA) is 30.0 Å². The Hall–Kier alpha value is -0.700. The van der Waals surface area contributed by atoms with Crippen LogP contribution in [0.4, 0.5) is 0 Å². The fraction of sp³-hybridized carbons (Fsp3) is 0.500. The van der Waals surface area contributed by atoms with Gasteiger partial charge in [-0.1, -0.05) is 20.3 Å². The van der Waals surface area contributed by atoms with Crippen molar-refractivity contribution in [1.29, 1.82) is 0 Å². The van der Waals surface area contributed by atoms with Crippen molar-refractivity contribution >= 4 is 21.7 Å². The average Bonchev–Trinajstić information content (AvgIpc) is 2.18. The Morgan fingerprint density at radius 2 is 2.20 bits per heavy atom. The van der Waals surface area contributed by atoms with E-state index in [4.69, 9.17) is 0 Å². The molecule has 2 nitrogen and oxygen atoms in total. The number of carbonyl (C=O) groups excluding carboxylic acids is 1. The van der Waals surface area contributed by atoms with Gasteiger partial charge in [-0.3, -0.25) is 9.78 Å². The van der Waals surface area contributed by atoms with Gasteiger partial charge in [0.25, 0.3) is 0 Å². The number of rotatable bonds is 5. The molecule has 1 aromatic rings. The van der Waals surface area contributed by atoms with Crippen LogP contribution in [0.1, 0.15) is 43.6 Å². The molecule has 1 rings (SSSR count). The summed E-state index contributed by atoms with van der Waals surface area (Å²) in [6.45, 7) is 4.34. The van der Waals surface area contributed by atoms with Crippen molar-refractivity contribution in [3.05, 3.63) is 28.5 Å². The van der Waals surface area contributed by atoms with Gasteiger partial charge >= 0.3 is 0 Å². The van der Waals surface area contributed by atoms with Gasteiger partial charge in [0.15, 0.2) is 5.78 Å². The summed E-state index contributed by atoms with van der Waals surface area (Å²) in [6, 6.07) is 3.62. The maximum Gasteiger partial charge on any atom is 0.181 e. The zero-order valence-electron chi connectivity index (χ0n) is 9.16. The van der Waals surface area contributed by atoms with Crippen molar-refractivity contribution in [2.45, 2.75) is 33.1 Å². The van der Waals surface area contributed by atoms with Crippen molar-refractivity contribution in [3.63, 3.8) is 0 Å². The van der Waals surface area contributed by atoms with Crippen molar-refractivity contribution in [3.8, 4) is 0 Å². The molecule has 15 heavy (non-hydrogen) atoms. The molecule has 0 bridgehead atoms. The van der Waals surface area contributed by atoms with Crippen molar-refractivity contribution in [2.75, 3.05) is 0 Å². The molecule has 0 fully saturated rings. The van der Waals surface area contributed by atoms with Crippen LogP contribution in [0.5, 0.6) is 0 Å². The Morgan fingerprint density at radius 3 is 2.73 bits per heavy atom. The van der Waals surface area contributed by atoms with Gasteiger partial charge in [-0.05, 0) is 40.4 Å². The summed E-state index contributed by atoms with van der Waals surface area (Å²) in [5.74, 6) is 0.804. The molecule has 0 amide bonds. The maximum atomic E-state index is 11.7. The van der Waals surface area contributed by atoms with Crippen LogP contribution in [0.15, 0.2) is 22.8 Å². The van der Waals surface area contributed by atoms with E-state index < -0.39 is 0 Å². The third kappa shape index (κ3) is 4.56. The molecule has 1 heterocycles. The van der Waals surface area contributed by atoms with Gasteiger partial charge in [-0.15, -0.1) is 0 Å². The molecule has 0 aliphatic heterocycles. The minimum Gasteiger partial charge on any atom is -0.292 e. The van der Waals surface area contributed by atoms with E-state index in [1.165, 1.54) is 0 Å². The summed E-state index contributed by atoms with van der Waals surface area (Å²) in [7, 11) is 0. The van der Waals surface area contributed by atoms with E-state index in [2.05, 4.69) is 34.8 Å². The van der Waals surface area contributed by atoms with Gasteiger partial charge in [0.05, 0.1) is 0 Å². The lowest BCUT2D eigenvalue weighted by Crippen LogP contribution is -2.02. The third-order valence-electron chi connectivity index (χ3n) is 2.20. The second kappa shape index (κ2) is 6.01. The predicted molar refractivity (Wildman–Crippen MR) is 65.0 cm³/mol. The Morgan fingerprint density at radius 1 is 1.47 bits per heavy atom. The normalized spacial score (nSPS) is 10.7. The first-order valence-corrected chi connectivity index (χ1v) is 6.03. The van der Waals surface area contributed by atoms with Gasteiger partial charge in [-0.2, -0.15) is 0 Å². The number of hydrogen-bond acceptors (Lipinski definition) is 2. The van der Waals surface area contributed by atoms with Crippen molar-refractivity contribution in [1.82, 2.24) is 4.98 Å². The van der Waals surface area contributed by atoms with Crippen LogP contribution in [0.25, 0.3) is 0 Å². The summed E-state index contributed by atoms with van der Waals surface area (Å²) >= 11 is 3.29. The molecule has 1 aromatic heterocycles. The minimum absolute atomic E-state index is 0.142. The second-order valence-corrected chi connectivity index (χ2v) is 4.99. The van der Waals surface area contributed by atoms with Gasteiger partial charge in [-0.25, -0.2) is 0 Å². The number of aromatic nitrogens is 1. The quantitative estimate of drug-likeness (QED) is 0.760. The van der Waals surface area contributed by atoms with Gasteiger partial charge < -0.3 is 0 Å². The van der Waals surface area contributed by atoms with Gasteiger partial charge in [0, 0.05) is 17.1 Å². The van der Waals surface area contributed by atoms with Crippen LogP contribution in [0, 0.1) is 5.92 Å². The summed E-state index contributed by atoms with van der Waals surface area (Å²) in [6.07, 6.45) is 4.32. The van der Waals surface area contributed by atoms with Gasteiger partial charge in [0.1, 0.15) is 5.69 Å². The summed E-state index contributed by atoms with van der Waals surface area (Å²) < 4.78 is 0.904. The Labute approximate surface area is 99.2 Å². The molecule has 0 saturated carbocycles. The summed E-state index contributed by atoms with van der Waals surface area (Å²) in [5.41, 5.74) is 0.571. The van der Waals surface area contributed by atoms with E-state index in [1.54, 1.807) is 12.3 Å². The number of halogens is 1. The molecule has 0 unspecified atom stereocenters. The zero-order valence-corrected chi connectivity index (χ0v) is 10.8. The summed E-state index contributed by atoms with van der Waals surface area (Å²) in [5, 5.41) is 0. The molecule has 0 atom stereocenters. The third-order valence-corrected chi connectivity index (χ3v) is 2.67. The molecule has 82 valence electrons. The molecule has 0 N–H and O–H groups in total. The maximum absolute atomic E-state index is 11.7. The minimum atomic E-state index is 0.142. The van der Waals surface area contributed by atoms with Crippen LogP contribution in [-0.4, -0.2) is 10.8 Å². The molecular formula is C12H16BrNO. The fourth-order valence-electron chi connectivity index (χ4n) is 1.34. The molecule has 0 aliphatic rings. The lowest BCUT2D eigenvalue weighted by atomic mass is 10.0. The Kier molecular flexibility index (Phi) is 4.95. The lowest BCUT2D eigenvalue weighted by Gasteiger charge is -2.03. The van der Waals surface area contributed by atoms with Crippen molar-refractivity contribution in [2.24, 2.45) is 5.92 Å². The first-order valence-electron chi connectivity index (χ1n) is 5.24. The molecule has 0 aromatic carbocycles. The molecule has 3 heteroatoms. The van der Waals surface area contributed by atoms with E-state index in [-0.39, 0.29) is 5.78 Å². The number of nitrogens with zero attached hydrogens (tertiary/aromatic N) is 1. The Balaban J connectivity index is 2.43. The number of pyridine rings is 1. The lowest BCUT2D eigenvalue weighted by molar-refractivity contribution is 0.0973. The number of carbonyl (C=O) groups is 1. The number of Topliss-reactive ketones (excluding diaryl/α,β-unsaturated/α-hetero) is 1. The summed E-state index contributed by atoms with van der Waals surface area (Å²) in [4.78, 5) is 15.7. The van der Waals surface area contributed by atoms with E-state index in [9.17, 15) is 4.79 Å². The van der Waals surface area contributed by atoms with Gasteiger partial charge in [0.2, 0.25) is 0 Å². The van der Waals surface area contributed by atoms with E-state index in [0.717, 1.165) is 17.3 Å². The smallest absolute Gasteiger partial charge is 0.181 e. The monoisotopic (exact) mass is 269 g/mol. The van der Waals surface area contributed by atoms with Crippen LogP contribution in [-0.2, 0) is 0 Å².